The van der Waals surface area contributed by atoms with Crippen molar-refractivity contribution in [3.8, 4) is 34.5 Å². The van der Waals surface area contributed by atoms with Crippen LogP contribution in [0.5, 0.6) is 34.5 Å². The highest BCUT2D eigenvalue weighted by Gasteiger charge is 2.45. The van der Waals surface area contributed by atoms with Gasteiger partial charge in [0.2, 0.25) is 23.5 Å². The maximum absolute atomic E-state index is 14.5. The summed E-state index contributed by atoms with van der Waals surface area (Å²) in [5.41, 5.74) is 3.24. The van der Waals surface area contributed by atoms with E-state index in [0.717, 1.165) is 23.3 Å². The number of imide groups is 2. The third-order valence-corrected chi connectivity index (χ3v) is 13.5. The Bertz CT molecular complexity index is 2700. The van der Waals surface area contributed by atoms with Gasteiger partial charge in [-0.05, 0) is 129 Å². The molecule has 0 radical (unpaired) electrons. The topological polar surface area (TPSA) is 227 Å². The monoisotopic (exact) mass is 1020 g/mol. The Morgan fingerprint density at radius 3 is 2.18 bits per heavy atom. The summed E-state index contributed by atoms with van der Waals surface area (Å²) in [4.78, 5) is 94.8. The molecule has 19 heteroatoms. The first-order valence-corrected chi connectivity index (χ1v) is 24.9. The Balaban J connectivity index is 0.955. The molecule has 4 aromatic rings. The minimum atomic E-state index is -1.04. The van der Waals surface area contributed by atoms with Crippen molar-refractivity contribution in [2.75, 3.05) is 67.1 Å². The number of nitrogens with zero attached hydrogens (tertiary/aromatic N) is 2. The van der Waals surface area contributed by atoms with Crippen LogP contribution in [0.2, 0.25) is 0 Å². The molecule has 3 heterocycles. The van der Waals surface area contributed by atoms with E-state index in [9.17, 15) is 33.6 Å². The number of piperidine rings is 2. The average Bonchev–Trinajstić information content (AvgIpc) is 3.66. The van der Waals surface area contributed by atoms with Crippen LogP contribution in [0.15, 0.2) is 72.8 Å². The Morgan fingerprint density at radius 2 is 1.47 bits per heavy atom. The fraction of sp³-hybridized carbons (Fsp3) is 0.436. The van der Waals surface area contributed by atoms with Gasteiger partial charge in [0.25, 0.3) is 17.7 Å². The molecular weight excluding hydrogens is 955 g/mol. The first-order chi connectivity index (χ1) is 35.8. The van der Waals surface area contributed by atoms with Gasteiger partial charge in [-0.3, -0.25) is 39.0 Å². The van der Waals surface area contributed by atoms with E-state index in [1.165, 1.54) is 21.3 Å². The molecule has 0 spiro atoms. The number of carbonyl (C=O) groups is 7. The summed E-state index contributed by atoms with van der Waals surface area (Å²) in [7, 11) is 7.69. The number of aryl methyl sites for hydroxylation is 1. The van der Waals surface area contributed by atoms with Gasteiger partial charge in [0.15, 0.2) is 29.6 Å². The van der Waals surface area contributed by atoms with E-state index in [2.05, 4.69) is 16.0 Å². The standard InChI is InChI=1S/C55H65N5O14/c1-7-38(35-29-46(70-4)50(72-6)47(30-35)71-5)52(64)59-26-11-8-15-42(59)55(67)74-43(21-16-33-17-22-44(68-2)45(27-33)69-3)34-13-12-14-37(28-34)73-32-49(62)57-25-10-9-24-56-36-18-19-39-40(31-36)54(66)60(53(39)65)41-20-23-48(61)58-51(41)63/h12-14,17-19,22,27-31,38,41-43,56H,7-11,15-16,20-21,23-26,32H2,1-6H3,(H,57,62)(H,58,61,63)/t38-,41?,42-,43+/m0/s1. The van der Waals surface area contributed by atoms with E-state index in [4.69, 9.17) is 33.2 Å². The number of hydrogen-bond acceptors (Lipinski definition) is 15. The number of hydrogen-bond donors (Lipinski definition) is 3. The van der Waals surface area contributed by atoms with Crippen molar-refractivity contribution in [1.29, 1.82) is 0 Å². The predicted molar refractivity (Wildman–Crippen MR) is 271 cm³/mol. The molecule has 1 unspecified atom stereocenters. The van der Waals surface area contributed by atoms with Gasteiger partial charge in [0.05, 0.1) is 52.6 Å². The number of esters is 1. The van der Waals surface area contributed by atoms with Crippen molar-refractivity contribution in [1.82, 2.24) is 20.4 Å². The van der Waals surface area contributed by atoms with E-state index in [1.54, 1.807) is 67.7 Å². The van der Waals surface area contributed by atoms with Gasteiger partial charge >= 0.3 is 5.97 Å². The van der Waals surface area contributed by atoms with Crippen molar-refractivity contribution in [3.63, 3.8) is 0 Å². The van der Waals surface area contributed by atoms with Crippen molar-refractivity contribution >= 4 is 47.1 Å². The fourth-order valence-corrected chi connectivity index (χ4v) is 9.64. The zero-order valence-electron chi connectivity index (χ0n) is 42.7. The van der Waals surface area contributed by atoms with Crippen LogP contribution in [0.1, 0.15) is 114 Å². The molecule has 74 heavy (non-hydrogen) atoms. The average molecular weight is 1020 g/mol. The summed E-state index contributed by atoms with van der Waals surface area (Å²) >= 11 is 0. The van der Waals surface area contributed by atoms with Gasteiger partial charge in [-0.15, -0.1) is 0 Å². The van der Waals surface area contributed by atoms with E-state index in [-0.39, 0.29) is 42.4 Å². The number of rotatable bonds is 24. The highest BCUT2D eigenvalue weighted by Crippen LogP contribution is 2.42. The van der Waals surface area contributed by atoms with Gasteiger partial charge < -0.3 is 48.7 Å². The first kappa shape index (κ1) is 54.0. The molecule has 7 rings (SSSR count). The smallest absolute Gasteiger partial charge is 0.329 e. The number of unbranched alkanes of at least 4 members (excludes halogenated alkanes) is 1. The third kappa shape index (κ3) is 12.5. The van der Waals surface area contributed by atoms with Crippen LogP contribution in [0.4, 0.5) is 5.69 Å². The van der Waals surface area contributed by atoms with Crippen molar-refractivity contribution < 1.29 is 66.7 Å². The van der Waals surface area contributed by atoms with Crippen LogP contribution >= 0.6 is 0 Å². The largest absolute Gasteiger partial charge is 0.493 e. The summed E-state index contributed by atoms with van der Waals surface area (Å²) in [6.07, 6.45) is 3.87. The van der Waals surface area contributed by atoms with Crippen LogP contribution in [0, 0.1) is 0 Å². The van der Waals surface area contributed by atoms with Crippen LogP contribution in [0.3, 0.4) is 0 Å². The van der Waals surface area contributed by atoms with E-state index in [1.807, 2.05) is 31.2 Å². The number of anilines is 1. The lowest BCUT2D eigenvalue weighted by Crippen LogP contribution is -2.54. The molecule has 0 bridgehead atoms. The second kappa shape index (κ2) is 25.2. The first-order valence-electron chi connectivity index (χ1n) is 24.9. The molecule has 0 saturated carbocycles. The van der Waals surface area contributed by atoms with Gasteiger partial charge in [0.1, 0.15) is 23.9 Å². The zero-order chi connectivity index (χ0) is 52.9. The van der Waals surface area contributed by atoms with Crippen LogP contribution in [-0.2, 0) is 35.1 Å². The SMILES string of the molecule is CC[C@H](C(=O)N1CCCC[C@H]1C(=O)O[C@H](CCc1ccc(OC)c(OC)c1)c1cccc(OCC(=O)NCCCCNc2ccc3c(c2)C(=O)N(C2CCC(=O)NC2=O)C3=O)c1)c1cc(OC)c(OC)c(OC)c1. The predicted octanol–water partition coefficient (Wildman–Crippen LogP) is 6.31. The normalized spacial score (nSPS) is 17.1. The Morgan fingerprint density at radius 1 is 0.743 bits per heavy atom. The Hall–Kier alpha value is -7.83. The van der Waals surface area contributed by atoms with Crippen LogP contribution < -0.4 is 44.4 Å². The number of benzene rings is 4. The van der Waals surface area contributed by atoms with Gasteiger partial charge in [-0.2, -0.15) is 0 Å². The lowest BCUT2D eigenvalue weighted by Gasteiger charge is -2.37. The number of methoxy groups -OCH3 is 5. The van der Waals surface area contributed by atoms with E-state index < -0.39 is 53.7 Å². The number of nitrogens with one attached hydrogen (secondary N) is 3. The number of ether oxygens (including phenoxy) is 7. The molecule has 394 valence electrons. The lowest BCUT2D eigenvalue weighted by atomic mass is 9.91. The Labute approximate surface area is 430 Å². The van der Waals surface area contributed by atoms with Crippen molar-refractivity contribution in [2.45, 2.75) is 95.2 Å². The summed E-state index contributed by atoms with van der Waals surface area (Å²) in [6.45, 7) is 2.93. The Kier molecular flexibility index (Phi) is 18.4. The van der Waals surface area contributed by atoms with Crippen LogP contribution in [0.25, 0.3) is 0 Å². The number of fused-ring (bicyclic) bond motifs is 1. The highest BCUT2D eigenvalue weighted by atomic mass is 16.5. The minimum absolute atomic E-state index is 0.0399. The summed E-state index contributed by atoms with van der Waals surface area (Å²) in [6, 6.07) is 19.2. The maximum Gasteiger partial charge on any atom is 0.329 e. The summed E-state index contributed by atoms with van der Waals surface area (Å²) in [5, 5.41) is 8.31. The molecule has 0 aromatic heterocycles. The molecule has 2 saturated heterocycles. The molecule has 6 amide bonds. The molecule has 0 aliphatic carbocycles. The minimum Gasteiger partial charge on any atom is -0.493 e. The molecular formula is C55H65N5O14. The fourth-order valence-electron chi connectivity index (χ4n) is 9.64. The van der Waals surface area contributed by atoms with Gasteiger partial charge in [0, 0.05) is 31.7 Å². The number of amides is 6. The highest BCUT2D eigenvalue weighted by molar-refractivity contribution is 6.23. The molecule has 3 N–H and O–H groups in total. The molecule has 2 fully saturated rings. The number of carbonyl (C=O) groups excluding carboxylic acids is 7. The van der Waals surface area contributed by atoms with Gasteiger partial charge in [-0.25, -0.2) is 4.79 Å². The maximum atomic E-state index is 14.5. The molecule has 4 aromatic carbocycles. The molecule has 3 aliphatic heterocycles. The van der Waals surface area contributed by atoms with E-state index >= 15 is 0 Å². The second-order valence-electron chi connectivity index (χ2n) is 18.2. The number of likely N-dealkylation sites (tertiary alicyclic amines) is 1. The van der Waals surface area contributed by atoms with Crippen molar-refractivity contribution in [2.24, 2.45) is 0 Å². The summed E-state index contributed by atoms with van der Waals surface area (Å²) in [5.74, 6) is -1.11. The van der Waals surface area contributed by atoms with Gasteiger partial charge in [-0.1, -0.05) is 25.1 Å². The summed E-state index contributed by atoms with van der Waals surface area (Å²) < 4.78 is 40.1. The second-order valence-corrected chi connectivity index (χ2v) is 18.2. The molecule has 3 aliphatic rings. The quantitative estimate of drug-likeness (QED) is 0.0397. The molecule has 4 atom stereocenters. The zero-order valence-corrected chi connectivity index (χ0v) is 42.7. The van der Waals surface area contributed by atoms with E-state index in [0.29, 0.717) is 109 Å². The third-order valence-electron chi connectivity index (χ3n) is 13.5. The lowest BCUT2D eigenvalue weighted by molar-refractivity contribution is -0.162. The molecule has 19 nitrogen and oxygen atoms in total. The van der Waals surface area contributed by atoms with Crippen LogP contribution in [-0.4, -0.2) is 125 Å². The van der Waals surface area contributed by atoms with Crippen molar-refractivity contribution in [3.05, 3.63) is 101 Å².